The molecule has 0 saturated heterocycles. The monoisotopic (exact) mass is 365 g/mol. The fourth-order valence-electron chi connectivity index (χ4n) is 3.11. The Morgan fingerprint density at radius 2 is 1.61 bits per heavy atom. The van der Waals surface area contributed by atoms with Gasteiger partial charge in [-0.25, -0.2) is 0 Å². The summed E-state index contributed by atoms with van der Waals surface area (Å²) in [5.41, 5.74) is 4.28. The summed E-state index contributed by atoms with van der Waals surface area (Å²) in [4.78, 5) is 17.3. The smallest absolute Gasteiger partial charge is 0.193 e. The number of carbonyl (C=O) groups is 1. The first-order valence-electron chi connectivity index (χ1n) is 9.05. The fourth-order valence-corrected chi connectivity index (χ4v) is 3.11. The Bertz CT molecular complexity index is 1150. The van der Waals surface area contributed by atoms with E-state index >= 15 is 0 Å². The van der Waals surface area contributed by atoms with E-state index in [0.29, 0.717) is 11.1 Å². The van der Waals surface area contributed by atoms with Gasteiger partial charge in [-0.15, -0.1) is 0 Å². The third-order valence-corrected chi connectivity index (χ3v) is 4.64. The average Bonchev–Trinajstić information content (AvgIpc) is 2.77. The number of fused-ring (bicyclic) bond motifs is 1. The normalized spacial score (nSPS) is 11.0. The van der Waals surface area contributed by atoms with Crippen LogP contribution in [0.3, 0.4) is 0 Å². The van der Waals surface area contributed by atoms with Crippen molar-refractivity contribution < 1.29 is 9.53 Å². The first-order chi connectivity index (χ1) is 13.7. The summed E-state index contributed by atoms with van der Waals surface area (Å²) >= 11 is 0. The molecule has 3 aromatic carbocycles. The van der Waals surface area contributed by atoms with E-state index in [1.165, 1.54) is 0 Å². The van der Waals surface area contributed by atoms with Gasteiger partial charge in [-0.3, -0.25) is 9.78 Å². The molecule has 0 unspecified atom stereocenters. The second kappa shape index (κ2) is 7.89. The lowest BCUT2D eigenvalue weighted by Crippen LogP contribution is -2.01. The van der Waals surface area contributed by atoms with Gasteiger partial charge in [0.05, 0.1) is 12.6 Å². The van der Waals surface area contributed by atoms with E-state index in [4.69, 9.17) is 4.74 Å². The largest absolute Gasteiger partial charge is 0.497 e. The van der Waals surface area contributed by atoms with Gasteiger partial charge in [-0.1, -0.05) is 42.5 Å². The number of nitrogens with zero attached hydrogens (tertiary/aromatic N) is 1. The molecule has 0 N–H and O–H groups in total. The molecule has 0 aliphatic heterocycles. The van der Waals surface area contributed by atoms with Crippen molar-refractivity contribution in [1.82, 2.24) is 4.98 Å². The van der Waals surface area contributed by atoms with Crippen LogP contribution in [0.1, 0.15) is 27.0 Å². The van der Waals surface area contributed by atoms with E-state index < -0.39 is 0 Å². The quantitative estimate of drug-likeness (QED) is 0.429. The summed E-state index contributed by atoms with van der Waals surface area (Å²) in [5, 5.41) is 0.953. The van der Waals surface area contributed by atoms with Gasteiger partial charge < -0.3 is 4.74 Å². The number of hydrogen-bond acceptors (Lipinski definition) is 3. The average molecular weight is 365 g/mol. The highest BCUT2D eigenvalue weighted by Gasteiger charge is 2.11. The summed E-state index contributed by atoms with van der Waals surface area (Å²) in [6, 6.07) is 24.9. The third-order valence-electron chi connectivity index (χ3n) is 4.64. The lowest BCUT2D eigenvalue weighted by Gasteiger charge is -2.06. The Morgan fingerprint density at radius 1 is 0.857 bits per heavy atom. The number of pyridine rings is 1. The molecule has 1 aromatic heterocycles. The molecule has 1 heterocycles. The predicted molar refractivity (Wildman–Crippen MR) is 114 cm³/mol. The molecule has 0 spiro atoms. The molecule has 28 heavy (non-hydrogen) atoms. The molecule has 0 aliphatic rings. The van der Waals surface area contributed by atoms with Crippen LogP contribution in [0.5, 0.6) is 5.75 Å². The minimum atomic E-state index is -0.0219. The van der Waals surface area contributed by atoms with Crippen LogP contribution >= 0.6 is 0 Å². The number of benzene rings is 3. The summed E-state index contributed by atoms with van der Waals surface area (Å²) in [7, 11) is 1.61. The molecule has 0 fully saturated rings. The van der Waals surface area contributed by atoms with E-state index in [1.54, 1.807) is 37.6 Å². The summed E-state index contributed by atoms with van der Waals surface area (Å²) in [5.74, 6) is 0.707. The molecule has 4 aromatic rings. The fraction of sp³-hybridized carbons (Fsp3) is 0.0400. The number of methoxy groups -OCH3 is 1. The Kier molecular flexibility index (Phi) is 4.98. The number of ketones is 1. The maximum absolute atomic E-state index is 12.9. The van der Waals surface area contributed by atoms with Crippen LogP contribution in [-0.2, 0) is 0 Å². The van der Waals surface area contributed by atoms with Gasteiger partial charge in [-0.05, 0) is 59.7 Å². The SMILES string of the molecule is COc1ccc(C(=O)c2ccc3nccc(C=Cc4ccccc4)c3c2)cc1. The third kappa shape index (κ3) is 3.69. The summed E-state index contributed by atoms with van der Waals surface area (Å²) in [6.45, 7) is 0. The molecule has 0 aliphatic carbocycles. The predicted octanol–water partition coefficient (Wildman–Crippen LogP) is 5.64. The van der Waals surface area contributed by atoms with Crippen molar-refractivity contribution in [3.05, 3.63) is 107 Å². The number of aromatic nitrogens is 1. The van der Waals surface area contributed by atoms with Gasteiger partial charge in [-0.2, -0.15) is 0 Å². The maximum Gasteiger partial charge on any atom is 0.193 e. The van der Waals surface area contributed by atoms with Crippen LogP contribution < -0.4 is 4.74 Å². The van der Waals surface area contributed by atoms with Gasteiger partial charge in [0.2, 0.25) is 0 Å². The minimum absolute atomic E-state index is 0.0219. The van der Waals surface area contributed by atoms with Crippen molar-refractivity contribution in [3.63, 3.8) is 0 Å². The van der Waals surface area contributed by atoms with E-state index in [-0.39, 0.29) is 5.78 Å². The topological polar surface area (TPSA) is 39.2 Å². The molecule has 0 atom stereocenters. The van der Waals surface area contributed by atoms with Crippen molar-refractivity contribution in [3.8, 4) is 5.75 Å². The zero-order valence-electron chi connectivity index (χ0n) is 15.5. The summed E-state index contributed by atoms with van der Waals surface area (Å²) < 4.78 is 5.16. The van der Waals surface area contributed by atoms with Crippen molar-refractivity contribution in [2.45, 2.75) is 0 Å². The summed E-state index contributed by atoms with van der Waals surface area (Å²) in [6.07, 6.45) is 5.91. The number of hydrogen-bond donors (Lipinski definition) is 0. The van der Waals surface area contributed by atoms with Gasteiger partial charge in [0.15, 0.2) is 5.78 Å². The highest BCUT2D eigenvalue weighted by Crippen LogP contribution is 2.23. The highest BCUT2D eigenvalue weighted by molar-refractivity contribution is 6.11. The minimum Gasteiger partial charge on any atom is -0.497 e. The molecule has 3 heteroatoms. The molecule has 0 saturated carbocycles. The van der Waals surface area contributed by atoms with Gasteiger partial charge in [0.25, 0.3) is 0 Å². The van der Waals surface area contributed by atoms with Gasteiger partial charge in [0.1, 0.15) is 5.75 Å². The Hall–Kier alpha value is -3.72. The van der Waals surface area contributed by atoms with Crippen LogP contribution in [0, 0.1) is 0 Å². The van der Waals surface area contributed by atoms with Gasteiger partial charge >= 0.3 is 0 Å². The van der Waals surface area contributed by atoms with Crippen LogP contribution in [0.2, 0.25) is 0 Å². The molecule has 3 nitrogen and oxygen atoms in total. The van der Waals surface area contributed by atoms with E-state index in [9.17, 15) is 4.79 Å². The standard InChI is InChI=1S/C25H19NO2/c1-28-22-12-9-20(10-13-22)25(27)21-11-14-24-23(17-21)19(15-16-26-24)8-7-18-5-3-2-4-6-18/h2-17H,1H3. The van der Waals surface area contributed by atoms with Crippen molar-refractivity contribution in [2.75, 3.05) is 7.11 Å². The lowest BCUT2D eigenvalue weighted by molar-refractivity contribution is 0.103. The van der Waals surface area contributed by atoms with Crippen molar-refractivity contribution in [2.24, 2.45) is 0 Å². The highest BCUT2D eigenvalue weighted by atomic mass is 16.5. The molecule has 0 bridgehead atoms. The zero-order chi connectivity index (χ0) is 19.3. The molecule has 4 rings (SSSR count). The Labute approximate surface area is 163 Å². The number of rotatable bonds is 5. The van der Waals surface area contributed by atoms with Crippen LogP contribution in [-0.4, -0.2) is 17.9 Å². The molecular weight excluding hydrogens is 346 g/mol. The van der Waals surface area contributed by atoms with Crippen LogP contribution in [0.25, 0.3) is 23.1 Å². The zero-order valence-corrected chi connectivity index (χ0v) is 15.5. The molecule has 136 valence electrons. The first kappa shape index (κ1) is 17.7. The lowest BCUT2D eigenvalue weighted by atomic mass is 9.99. The second-order valence-corrected chi connectivity index (χ2v) is 6.43. The number of ether oxygens (including phenoxy) is 1. The molecule has 0 amide bonds. The van der Waals surface area contributed by atoms with Crippen molar-refractivity contribution in [1.29, 1.82) is 0 Å². The Morgan fingerprint density at radius 3 is 2.36 bits per heavy atom. The molecular formula is C25H19NO2. The maximum atomic E-state index is 12.9. The van der Waals surface area contributed by atoms with Crippen LogP contribution in [0.4, 0.5) is 0 Å². The van der Waals surface area contributed by atoms with Crippen LogP contribution in [0.15, 0.2) is 85.1 Å². The Balaban J connectivity index is 1.71. The molecule has 0 radical (unpaired) electrons. The number of carbonyl (C=O) groups excluding carboxylic acids is 1. The first-order valence-corrected chi connectivity index (χ1v) is 9.05. The van der Waals surface area contributed by atoms with Crippen molar-refractivity contribution >= 4 is 28.8 Å². The van der Waals surface area contributed by atoms with E-state index in [0.717, 1.165) is 27.8 Å². The van der Waals surface area contributed by atoms with Gasteiger partial charge in [0, 0.05) is 22.7 Å². The van der Waals surface area contributed by atoms with E-state index in [2.05, 4.69) is 29.3 Å². The second-order valence-electron chi connectivity index (χ2n) is 6.43. The van der Waals surface area contributed by atoms with E-state index in [1.807, 2.05) is 42.5 Å².